The van der Waals surface area contributed by atoms with Crippen LogP contribution in [0.5, 0.6) is 0 Å². The number of aryl methyl sites for hydroxylation is 1. The van der Waals surface area contributed by atoms with E-state index < -0.39 is 0 Å². The molecule has 0 bridgehead atoms. The van der Waals surface area contributed by atoms with E-state index in [0.29, 0.717) is 11.7 Å². The van der Waals surface area contributed by atoms with Crippen molar-refractivity contribution in [3.05, 3.63) is 53.1 Å². The van der Waals surface area contributed by atoms with Gasteiger partial charge in [0.2, 0.25) is 0 Å². The van der Waals surface area contributed by atoms with E-state index in [0.717, 1.165) is 70.8 Å². The minimum absolute atomic E-state index is 0.0523. The minimum Gasteiger partial charge on any atom is -0.381 e. The molecule has 148 valence electrons. The third-order valence-corrected chi connectivity index (χ3v) is 6.49. The lowest BCUT2D eigenvalue weighted by Gasteiger charge is -2.33. The Morgan fingerprint density at radius 3 is 2.82 bits per heavy atom. The Morgan fingerprint density at radius 1 is 1.07 bits per heavy atom. The molecule has 5 rings (SSSR count). The highest BCUT2D eigenvalue weighted by molar-refractivity contribution is 5.92. The summed E-state index contributed by atoms with van der Waals surface area (Å²) in [5.74, 6) is 0.982. The summed E-state index contributed by atoms with van der Waals surface area (Å²) >= 11 is 0. The molecular weight excluding hydrogens is 352 g/mol. The van der Waals surface area contributed by atoms with Gasteiger partial charge in [-0.25, -0.2) is 4.98 Å². The van der Waals surface area contributed by atoms with Crippen LogP contribution in [0.3, 0.4) is 0 Å². The molecule has 6 nitrogen and oxygen atoms in total. The van der Waals surface area contributed by atoms with Gasteiger partial charge in [-0.2, -0.15) is 0 Å². The first-order valence-corrected chi connectivity index (χ1v) is 10.5. The number of hydrogen-bond acceptors (Lipinski definition) is 4. The average Bonchev–Trinajstić information content (AvgIpc) is 3.28. The van der Waals surface area contributed by atoms with E-state index in [9.17, 15) is 4.79 Å². The molecule has 1 aromatic heterocycles. The molecule has 1 aromatic carbocycles. The molecule has 1 aliphatic carbocycles. The number of carbonyl (C=O) groups excluding carboxylic acids is 1. The largest absolute Gasteiger partial charge is 0.381 e. The summed E-state index contributed by atoms with van der Waals surface area (Å²) in [6, 6.07) is 9.13. The SMILES string of the molecule is O=C(NC1CCc2ccccc21)c1cn2c(n1)CCN(C1CCOCC1)CC2. The summed E-state index contributed by atoms with van der Waals surface area (Å²) in [4.78, 5) is 20.1. The number of benzene rings is 1. The van der Waals surface area contributed by atoms with Crippen LogP contribution < -0.4 is 5.32 Å². The monoisotopic (exact) mass is 380 g/mol. The van der Waals surface area contributed by atoms with Gasteiger partial charge in [-0.05, 0) is 36.8 Å². The lowest BCUT2D eigenvalue weighted by atomic mass is 10.1. The van der Waals surface area contributed by atoms with Gasteiger partial charge in [0, 0.05) is 51.5 Å². The van der Waals surface area contributed by atoms with E-state index in [4.69, 9.17) is 4.74 Å². The molecule has 0 radical (unpaired) electrons. The van der Waals surface area contributed by atoms with Crippen molar-refractivity contribution in [2.45, 2.75) is 50.7 Å². The molecular formula is C22H28N4O2. The Kier molecular flexibility index (Phi) is 4.91. The van der Waals surface area contributed by atoms with Crippen LogP contribution in [0.2, 0.25) is 0 Å². The maximum atomic E-state index is 12.8. The van der Waals surface area contributed by atoms with Gasteiger partial charge < -0.3 is 14.6 Å². The number of nitrogens with one attached hydrogen (secondary N) is 1. The fourth-order valence-corrected chi connectivity index (χ4v) is 4.90. The first-order valence-electron chi connectivity index (χ1n) is 10.5. The molecule has 3 heterocycles. The topological polar surface area (TPSA) is 59.4 Å². The number of hydrogen-bond donors (Lipinski definition) is 1. The zero-order chi connectivity index (χ0) is 18.9. The van der Waals surface area contributed by atoms with Crippen molar-refractivity contribution in [1.82, 2.24) is 19.8 Å². The Bertz CT molecular complexity index is 830. The van der Waals surface area contributed by atoms with Crippen LogP contribution in [-0.2, 0) is 24.1 Å². The molecule has 0 spiro atoms. The third kappa shape index (κ3) is 3.47. The third-order valence-electron chi connectivity index (χ3n) is 6.49. The number of imidazole rings is 1. The maximum Gasteiger partial charge on any atom is 0.271 e. The molecule has 3 aliphatic rings. The number of nitrogens with zero attached hydrogens (tertiary/aromatic N) is 3. The maximum absolute atomic E-state index is 12.8. The van der Waals surface area contributed by atoms with Gasteiger partial charge in [-0.3, -0.25) is 9.69 Å². The molecule has 1 fully saturated rings. The summed E-state index contributed by atoms with van der Waals surface area (Å²) < 4.78 is 7.68. The molecule has 0 saturated carbocycles. The molecule has 1 atom stereocenters. The van der Waals surface area contributed by atoms with Gasteiger partial charge in [0.1, 0.15) is 11.5 Å². The molecule has 1 N–H and O–H groups in total. The second-order valence-corrected chi connectivity index (χ2v) is 8.13. The Balaban J connectivity index is 1.24. The first-order chi connectivity index (χ1) is 13.8. The van der Waals surface area contributed by atoms with Crippen molar-refractivity contribution < 1.29 is 9.53 Å². The van der Waals surface area contributed by atoms with Crippen molar-refractivity contribution >= 4 is 5.91 Å². The summed E-state index contributed by atoms with van der Waals surface area (Å²) in [6.07, 6.45) is 7.09. The van der Waals surface area contributed by atoms with Crippen molar-refractivity contribution in [2.75, 3.05) is 26.3 Å². The van der Waals surface area contributed by atoms with Crippen molar-refractivity contribution in [3.8, 4) is 0 Å². The highest BCUT2D eigenvalue weighted by Gasteiger charge is 2.27. The molecule has 1 saturated heterocycles. The van der Waals surface area contributed by atoms with Crippen LogP contribution in [0.25, 0.3) is 0 Å². The number of aromatic nitrogens is 2. The van der Waals surface area contributed by atoms with E-state index in [-0.39, 0.29) is 11.9 Å². The average molecular weight is 380 g/mol. The molecule has 1 amide bonds. The smallest absolute Gasteiger partial charge is 0.271 e. The quantitative estimate of drug-likeness (QED) is 0.888. The summed E-state index contributed by atoms with van der Waals surface area (Å²) in [5.41, 5.74) is 3.16. The fraction of sp³-hybridized carbons (Fsp3) is 0.545. The number of ether oxygens (including phenoxy) is 1. The number of amides is 1. The first kappa shape index (κ1) is 17.9. The Labute approximate surface area is 165 Å². The highest BCUT2D eigenvalue weighted by Crippen LogP contribution is 2.31. The van der Waals surface area contributed by atoms with Crippen LogP contribution in [0.15, 0.2) is 30.5 Å². The second-order valence-electron chi connectivity index (χ2n) is 8.13. The van der Waals surface area contributed by atoms with E-state index in [1.165, 1.54) is 11.1 Å². The zero-order valence-electron chi connectivity index (χ0n) is 16.3. The van der Waals surface area contributed by atoms with Gasteiger partial charge in [0.05, 0.1) is 6.04 Å². The van der Waals surface area contributed by atoms with Gasteiger partial charge >= 0.3 is 0 Å². The molecule has 2 aromatic rings. The van der Waals surface area contributed by atoms with Gasteiger partial charge in [-0.1, -0.05) is 24.3 Å². The second kappa shape index (κ2) is 7.68. The molecule has 28 heavy (non-hydrogen) atoms. The van der Waals surface area contributed by atoms with E-state index in [1.54, 1.807) is 0 Å². The molecule has 1 unspecified atom stereocenters. The van der Waals surface area contributed by atoms with Gasteiger partial charge in [0.15, 0.2) is 0 Å². The highest BCUT2D eigenvalue weighted by atomic mass is 16.5. The van der Waals surface area contributed by atoms with E-state index in [1.807, 2.05) is 12.3 Å². The van der Waals surface area contributed by atoms with Gasteiger partial charge in [-0.15, -0.1) is 0 Å². The van der Waals surface area contributed by atoms with E-state index in [2.05, 4.69) is 38.0 Å². The zero-order valence-corrected chi connectivity index (χ0v) is 16.3. The van der Waals surface area contributed by atoms with Crippen molar-refractivity contribution in [3.63, 3.8) is 0 Å². The lowest BCUT2D eigenvalue weighted by Crippen LogP contribution is -2.41. The fourth-order valence-electron chi connectivity index (χ4n) is 4.90. The van der Waals surface area contributed by atoms with Crippen LogP contribution in [0.4, 0.5) is 0 Å². The van der Waals surface area contributed by atoms with Crippen LogP contribution in [0.1, 0.15) is 52.7 Å². The van der Waals surface area contributed by atoms with Crippen LogP contribution in [-0.4, -0.2) is 52.7 Å². The van der Waals surface area contributed by atoms with Gasteiger partial charge in [0.25, 0.3) is 5.91 Å². The summed E-state index contributed by atoms with van der Waals surface area (Å²) in [7, 11) is 0. The number of rotatable bonds is 3. The summed E-state index contributed by atoms with van der Waals surface area (Å²) in [5, 5.41) is 3.20. The summed E-state index contributed by atoms with van der Waals surface area (Å²) in [6.45, 7) is 4.68. The predicted molar refractivity (Wildman–Crippen MR) is 106 cm³/mol. The van der Waals surface area contributed by atoms with Crippen molar-refractivity contribution in [2.24, 2.45) is 0 Å². The molecule has 2 aliphatic heterocycles. The Morgan fingerprint density at radius 2 is 1.93 bits per heavy atom. The standard InChI is InChI=1S/C22H28N4O2/c27-22(24-19-6-5-16-3-1-2-4-18(16)19)20-15-26-12-11-25(10-7-21(26)23-20)17-8-13-28-14-9-17/h1-4,15,17,19H,5-14H2,(H,24,27). The van der Waals surface area contributed by atoms with Crippen LogP contribution in [0, 0.1) is 0 Å². The predicted octanol–water partition coefficient (Wildman–Crippen LogP) is 2.34. The number of fused-ring (bicyclic) bond motifs is 2. The lowest BCUT2D eigenvalue weighted by molar-refractivity contribution is 0.0347. The normalized spacial score (nSPS) is 23.1. The molecule has 6 heteroatoms. The van der Waals surface area contributed by atoms with Crippen LogP contribution >= 0.6 is 0 Å². The number of carbonyl (C=O) groups is 1. The Hall–Kier alpha value is -2.18. The van der Waals surface area contributed by atoms with E-state index >= 15 is 0 Å². The van der Waals surface area contributed by atoms with Crippen molar-refractivity contribution in [1.29, 1.82) is 0 Å². The minimum atomic E-state index is -0.0523.